The van der Waals surface area contributed by atoms with Gasteiger partial charge in [-0.3, -0.25) is 0 Å². The van der Waals surface area contributed by atoms with E-state index < -0.39 is 11.6 Å². The lowest BCUT2D eigenvalue weighted by atomic mass is 9.83. The van der Waals surface area contributed by atoms with Crippen LogP contribution in [0.1, 0.15) is 25.0 Å². The van der Waals surface area contributed by atoms with Crippen LogP contribution in [0.25, 0.3) is 43.6 Å². The number of nitrogens with zero attached hydrogens (tertiary/aromatic N) is 1. The number of rotatable bonds is 2. The minimum absolute atomic E-state index is 0.0583. The van der Waals surface area contributed by atoms with Crippen molar-refractivity contribution in [2.24, 2.45) is 12.5 Å². The van der Waals surface area contributed by atoms with E-state index in [-0.39, 0.29) is 6.42 Å². The van der Waals surface area contributed by atoms with Crippen LogP contribution in [0.4, 0.5) is 13.2 Å². The van der Waals surface area contributed by atoms with Gasteiger partial charge in [-0.25, -0.2) is 4.57 Å². The molecule has 6 rings (SSSR count). The molecule has 1 aromatic heterocycles. The van der Waals surface area contributed by atoms with Crippen molar-refractivity contribution in [3.63, 3.8) is 0 Å². The topological polar surface area (TPSA) is 3.88 Å². The van der Waals surface area contributed by atoms with Crippen molar-refractivity contribution in [1.29, 1.82) is 0 Å². The molecule has 0 unspecified atom stereocenters. The fourth-order valence-electron chi connectivity index (χ4n) is 5.45. The molecule has 0 atom stereocenters. The van der Waals surface area contributed by atoms with Crippen LogP contribution in [0.2, 0.25) is 0 Å². The van der Waals surface area contributed by atoms with Gasteiger partial charge >= 0.3 is 6.18 Å². The molecule has 1 nitrogen and oxygen atoms in total. The molecular formula is C30H25F3NS+. The summed E-state index contributed by atoms with van der Waals surface area (Å²) in [6.07, 6.45) is -2.26. The number of aromatic nitrogens is 1. The molecular weight excluding hydrogens is 463 g/mol. The van der Waals surface area contributed by atoms with Gasteiger partial charge < -0.3 is 0 Å². The summed E-state index contributed by atoms with van der Waals surface area (Å²) >= 11 is 1.72. The zero-order valence-electron chi connectivity index (χ0n) is 20.0. The molecule has 5 heteroatoms. The number of pyridine rings is 1. The molecule has 0 fully saturated rings. The van der Waals surface area contributed by atoms with E-state index in [4.69, 9.17) is 0 Å². The molecule has 5 aromatic rings. The highest BCUT2D eigenvalue weighted by Gasteiger charge is 2.47. The van der Waals surface area contributed by atoms with E-state index in [9.17, 15) is 13.2 Å². The lowest BCUT2D eigenvalue weighted by molar-refractivity contribution is -0.659. The van der Waals surface area contributed by atoms with Crippen LogP contribution in [0.3, 0.4) is 0 Å². The van der Waals surface area contributed by atoms with Gasteiger partial charge in [-0.15, -0.1) is 0 Å². The number of hydrogen-bond donors (Lipinski definition) is 0. The quantitative estimate of drug-likeness (QED) is 0.174. The zero-order valence-corrected chi connectivity index (χ0v) is 20.9. The predicted octanol–water partition coefficient (Wildman–Crippen LogP) is 8.54. The van der Waals surface area contributed by atoms with Crippen LogP contribution < -0.4 is 4.57 Å². The maximum Gasteiger partial charge on any atom is 0.394 e. The second-order valence-corrected chi connectivity index (χ2v) is 11.3. The van der Waals surface area contributed by atoms with E-state index in [1.54, 1.807) is 11.8 Å². The summed E-state index contributed by atoms with van der Waals surface area (Å²) < 4.78 is 43.4. The van der Waals surface area contributed by atoms with Gasteiger partial charge in [-0.1, -0.05) is 68.1 Å². The molecule has 1 aliphatic heterocycles. The van der Waals surface area contributed by atoms with Crippen LogP contribution in [0.15, 0.2) is 76.7 Å². The van der Waals surface area contributed by atoms with E-state index in [0.29, 0.717) is 0 Å². The molecule has 0 saturated heterocycles. The van der Waals surface area contributed by atoms with Gasteiger partial charge in [0.05, 0.1) is 16.4 Å². The SMILES string of the molecule is Cc1c2c(cc3ccccc13)Sc1cc3c(CC(C)(C)C(F)(F)F)cccc3c3cc[n+](C)c-2c13. The van der Waals surface area contributed by atoms with E-state index >= 15 is 0 Å². The van der Waals surface area contributed by atoms with Crippen LogP contribution in [-0.2, 0) is 13.5 Å². The summed E-state index contributed by atoms with van der Waals surface area (Å²) in [6.45, 7) is 4.76. The van der Waals surface area contributed by atoms with Crippen molar-refractivity contribution >= 4 is 44.1 Å². The summed E-state index contributed by atoms with van der Waals surface area (Å²) in [6, 6.07) is 20.7. The molecule has 4 aromatic carbocycles. The van der Waals surface area contributed by atoms with Crippen molar-refractivity contribution in [3.8, 4) is 11.3 Å². The molecule has 35 heavy (non-hydrogen) atoms. The minimum Gasteiger partial charge on any atom is -0.200 e. The first-order valence-corrected chi connectivity index (χ1v) is 12.5. The van der Waals surface area contributed by atoms with Crippen molar-refractivity contribution in [2.75, 3.05) is 0 Å². The Bertz CT molecular complexity index is 1680. The summed E-state index contributed by atoms with van der Waals surface area (Å²) in [5.74, 6) is 0. The van der Waals surface area contributed by atoms with Crippen molar-refractivity contribution in [2.45, 2.75) is 43.2 Å². The molecule has 0 spiro atoms. The third-order valence-electron chi connectivity index (χ3n) is 7.46. The van der Waals surface area contributed by atoms with Gasteiger partial charge in [0.25, 0.3) is 0 Å². The van der Waals surface area contributed by atoms with Gasteiger partial charge in [0.15, 0.2) is 6.20 Å². The average molecular weight is 489 g/mol. The Morgan fingerprint density at radius 2 is 1.57 bits per heavy atom. The van der Waals surface area contributed by atoms with E-state index in [2.05, 4.69) is 67.2 Å². The number of halogens is 3. The van der Waals surface area contributed by atoms with Crippen LogP contribution in [0, 0.1) is 12.3 Å². The first kappa shape index (κ1) is 22.4. The van der Waals surface area contributed by atoms with Gasteiger partial charge in [0.2, 0.25) is 5.69 Å². The highest BCUT2D eigenvalue weighted by Crippen LogP contribution is 2.51. The second kappa shape index (κ2) is 7.47. The molecule has 0 aliphatic carbocycles. The standard InChI is InChI=1S/C30H25F3NS/c1-17-20-10-6-5-8-18(20)14-24-26(17)28-27-22(12-13-34(28)4)21-11-7-9-19(23(21)15-25(27)35-24)16-29(2,3)30(31,32)33/h5-15H,16H2,1-4H3/q+1. The second-order valence-electron chi connectivity index (χ2n) is 10.2. The predicted molar refractivity (Wildman–Crippen MR) is 138 cm³/mol. The van der Waals surface area contributed by atoms with Crippen molar-refractivity contribution < 1.29 is 17.7 Å². The van der Waals surface area contributed by atoms with Crippen LogP contribution in [0.5, 0.6) is 0 Å². The summed E-state index contributed by atoms with van der Waals surface area (Å²) in [5.41, 5.74) is 2.58. The van der Waals surface area contributed by atoms with Gasteiger partial charge in [-0.2, -0.15) is 13.2 Å². The molecule has 1 aliphatic rings. The van der Waals surface area contributed by atoms with Crippen LogP contribution in [-0.4, -0.2) is 6.18 Å². The summed E-state index contributed by atoms with van der Waals surface area (Å²) in [5, 5.41) is 6.60. The Kier molecular flexibility index (Phi) is 4.79. The zero-order chi connectivity index (χ0) is 24.7. The van der Waals surface area contributed by atoms with E-state index in [1.165, 1.54) is 46.0 Å². The maximum atomic E-state index is 13.7. The lowest BCUT2D eigenvalue weighted by Gasteiger charge is -2.28. The monoisotopic (exact) mass is 488 g/mol. The largest absolute Gasteiger partial charge is 0.394 e. The number of hydrogen-bond acceptors (Lipinski definition) is 1. The molecule has 0 saturated carbocycles. The van der Waals surface area contributed by atoms with Gasteiger partial charge in [0, 0.05) is 21.2 Å². The molecule has 176 valence electrons. The molecule has 2 heterocycles. The first-order chi connectivity index (χ1) is 16.6. The molecule has 0 bridgehead atoms. The van der Waals surface area contributed by atoms with Crippen LogP contribution >= 0.6 is 11.8 Å². The molecule has 0 radical (unpaired) electrons. The molecule has 0 amide bonds. The summed E-state index contributed by atoms with van der Waals surface area (Å²) in [7, 11) is 2.07. The van der Waals surface area contributed by atoms with Crippen molar-refractivity contribution in [3.05, 3.63) is 78.0 Å². The fraction of sp³-hybridized carbons (Fsp3) is 0.233. The lowest BCUT2D eigenvalue weighted by Crippen LogP contribution is -2.34. The third kappa shape index (κ3) is 3.28. The first-order valence-electron chi connectivity index (χ1n) is 11.7. The smallest absolute Gasteiger partial charge is 0.200 e. The van der Waals surface area contributed by atoms with Gasteiger partial charge in [-0.05, 0) is 58.1 Å². The fourth-order valence-corrected chi connectivity index (χ4v) is 6.71. The van der Waals surface area contributed by atoms with E-state index in [1.807, 2.05) is 18.2 Å². The maximum absolute atomic E-state index is 13.7. The normalized spacial score (nSPS) is 13.6. The number of alkyl halides is 3. The highest BCUT2D eigenvalue weighted by atomic mass is 32.2. The van der Waals surface area contributed by atoms with Gasteiger partial charge in [0.1, 0.15) is 7.05 Å². The number of aryl methyl sites for hydroxylation is 2. The summed E-state index contributed by atoms with van der Waals surface area (Å²) in [4.78, 5) is 2.28. The Labute approximate surface area is 206 Å². The Morgan fingerprint density at radius 1 is 0.829 bits per heavy atom. The average Bonchev–Trinajstić information content (AvgIpc) is 2.80. The Balaban J connectivity index is 1.68. The Hall–Kier alpha value is -3.05. The van der Waals surface area contributed by atoms with Crippen molar-refractivity contribution in [1.82, 2.24) is 0 Å². The van der Waals surface area contributed by atoms with E-state index in [0.717, 1.165) is 32.3 Å². The Morgan fingerprint density at radius 3 is 2.34 bits per heavy atom. The number of fused-ring (bicyclic) bond motifs is 5. The minimum atomic E-state index is -4.27. The molecule has 0 N–H and O–H groups in total. The third-order valence-corrected chi connectivity index (χ3v) is 8.55. The highest BCUT2D eigenvalue weighted by molar-refractivity contribution is 7.99. The number of benzene rings is 4.